The minimum Gasteiger partial charge on any atom is -0.464 e. The normalized spacial score (nSPS) is 28.0. The van der Waals surface area contributed by atoms with Crippen LogP contribution < -0.4 is 4.74 Å². The third-order valence-electron chi connectivity index (χ3n) is 3.72. The Balaban J connectivity index is 1.95. The molecule has 1 unspecified atom stereocenters. The van der Waals surface area contributed by atoms with Gasteiger partial charge in [0.15, 0.2) is 0 Å². The lowest BCUT2D eigenvalue weighted by Gasteiger charge is -2.38. The number of ether oxygens (including phenoxy) is 2. The monoisotopic (exact) mass is 247 g/mol. The van der Waals surface area contributed by atoms with Gasteiger partial charge in [0.25, 0.3) is 0 Å². The van der Waals surface area contributed by atoms with Crippen molar-refractivity contribution < 1.29 is 14.3 Å². The third-order valence-corrected chi connectivity index (χ3v) is 3.72. The lowest BCUT2D eigenvalue weighted by atomic mass is 10.0. The summed E-state index contributed by atoms with van der Waals surface area (Å²) in [6.07, 6.45) is 0. The van der Waals surface area contributed by atoms with Gasteiger partial charge in [-0.15, -0.1) is 0 Å². The van der Waals surface area contributed by atoms with E-state index in [0.29, 0.717) is 24.5 Å². The van der Waals surface area contributed by atoms with Gasteiger partial charge in [0.1, 0.15) is 5.75 Å². The van der Waals surface area contributed by atoms with E-state index in [1.54, 1.807) is 0 Å². The van der Waals surface area contributed by atoms with Gasteiger partial charge in [-0.25, -0.2) is 0 Å². The van der Waals surface area contributed by atoms with Crippen molar-refractivity contribution in [1.82, 2.24) is 4.90 Å². The van der Waals surface area contributed by atoms with Crippen molar-refractivity contribution >= 4 is 5.78 Å². The maximum absolute atomic E-state index is 12.6. The molecule has 4 heteroatoms. The molecule has 2 aliphatic heterocycles. The third kappa shape index (κ3) is 1.64. The predicted octanol–water partition coefficient (Wildman–Crippen LogP) is 1.62. The van der Waals surface area contributed by atoms with Gasteiger partial charge in [-0.3, -0.25) is 9.69 Å². The molecular formula is C14H17NO3. The Morgan fingerprint density at radius 2 is 2.00 bits per heavy atom. The number of Topliss-reactive ketones (excluding diaryl/α,β-unsaturated/α-hetero) is 1. The zero-order valence-corrected chi connectivity index (χ0v) is 10.7. The molecule has 0 aromatic heterocycles. The van der Waals surface area contributed by atoms with Gasteiger partial charge >= 0.3 is 0 Å². The average molecular weight is 247 g/mol. The van der Waals surface area contributed by atoms with E-state index in [4.69, 9.17) is 9.47 Å². The number of benzene rings is 1. The van der Waals surface area contributed by atoms with Gasteiger partial charge in [0.2, 0.25) is 11.5 Å². The molecule has 4 nitrogen and oxygen atoms in total. The van der Waals surface area contributed by atoms with Crippen LogP contribution in [0.1, 0.15) is 22.8 Å². The number of ketones is 1. The number of rotatable bonds is 1. The Morgan fingerprint density at radius 3 is 2.72 bits per heavy atom. The van der Waals surface area contributed by atoms with Crippen LogP contribution in [0, 0.1) is 6.92 Å². The average Bonchev–Trinajstić information content (AvgIpc) is 2.65. The molecule has 0 radical (unpaired) electrons. The van der Waals surface area contributed by atoms with Crippen LogP contribution in [0.4, 0.5) is 0 Å². The summed E-state index contributed by atoms with van der Waals surface area (Å²) in [6, 6.07) is 5.76. The van der Waals surface area contributed by atoms with Gasteiger partial charge in [0, 0.05) is 13.1 Å². The second-order valence-corrected chi connectivity index (χ2v) is 5.01. The Labute approximate surface area is 106 Å². The van der Waals surface area contributed by atoms with E-state index in [-0.39, 0.29) is 5.78 Å². The van der Waals surface area contributed by atoms with Crippen molar-refractivity contribution in [3.63, 3.8) is 0 Å². The van der Waals surface area contributed by atoms with Gasteiger partial charge < -0.3 is 9.47 Å². The first-order valence-electron chi connectivity index (χ1n) is 6.28. The highest BCUT2D eigenvalue weighted by Gasteiger charge is 2.48. The summed E-state index contributed by atoms with van der Waals surface area (Å²) in [6.45, 7) is 6.61. The second kappa shape index (κ2) is 4.07. The summed E-state index contributed by atoms with van der Waals surface area (Å²) in [5.41, 5.74) is 0.917. The fourth-order valence-electron chi connectivity index (χ4n) is 2.62. The Hall–Kier alpha value is -1.39. The molecule has 3 rings (SSSR count). The number of hydrogen-bond acceptors (Lipinski definition) is 4. The lowest BCUT2D eigenvalue weighted by molar-refractivity contribution is -0.0796. The molecular weight excluding hydrogens is 230 g/mol. The number of hydrogen-bond donors (Lipinski definition) is 0. The van der Waals surface area contributed by atoms with E-state index in [1.807, 2.05) is 32.0 Å². The SMILES string of the molecule is Cc1ccc2c(c1)C(=O)C(C)(N1CCOCC1)O2. The van der Waals surface area contributed by atoms with Crippen molar-refractivity contribution in [2.45, 2.75) is 19.6 Å². The van der Waals surface area contributed by atoms with E-state index in [2.05, 4.69) is 4.90 Å². The van der Waals surface area contributed by atoms with E-state index in [1.165, 1.54) is 0 Å². The van der Waals surface area contributed by atoms with Crippen molar-refractivity contribution in [3.05, 3.63) is 29.3 Å². The first kappa shape index (κ1) is 11.7. The summed E-state index contributed by atoms with van der Waals surface area (Å²) >= 11 is 0. The molecule has 2 aliphatic rings. The maximum atomic E-state index is 12.6. The highest BCUT2D eigenvalue weighted by Crippen LogP contribution is 2.37. The fourth-order valence-corrected chi connectivity index (χ4v) is 2.62. The van der Waals surface area contributed by atoms with Crippen LogP contribution in [-0.4, -0.2) is 42.7 Å². The standard InChI is InChI=1S/C14H17NO3/c1-10-3-4-12-11(9-10)13(16)14(2,18-12)15-5-7-17-8-6-15/h3-4,9H,5-8H2,1-2H3. The number of nitrogens with zero attached hydrogens (tertiary/aromatic N) is 1. The number of carbonyl (C=O) groups is 1. The molecule has 0 spiro atoms. The van der Waals surface area contributed by atoms with E-state index in [0.717, 1.165) is 18.7 Å². The van der Waals surface area contributed by atoms with E-state index >= 15 is 0 Å². The first-order valence-corrected chi connectivity index (χ1v) is 6.28. The maximum Gasteiger partial charge on any atom is 0.225 e. The molecule has 1 aromatic rings. The number of aryl methyl sites for hydroxylation is 1. The fraction of sp³-hybridized carbons (Fsp3) is 0.500. The molecule has 1 fully saturated rings. The smallest absolute Gasteiger partial charge is 0.225 e. The Bertz CT molecular complexity index is 494. The van der Waals surface area contributed by atoms with Gasteiger partial charge in [-0.1, -0.05) is 11.6 Å². The summed E-state index contributed by atoms with van der Waals surface area (Å²) in [7, 11) is 0. The van der Waals surface area contributed by atoms with Gasteiger partial charge in [-0.05, 0) is 26.0 Å². The predicted molar refractivity (Wildman–Crippen MR) is 66.9 cm³/mol. The summed E-state index contributed by atoms with van der Waals surface area (Å²) in [5.74, 6) is 0.752. The Morgan fingerprint density at radius 1 is 1.28 bits per heavy atom. The van der Waals surface area contributed by atoms with Crippen molar-refractivity contribution in [2.75, 3.05) is 26.3 Å². The van der Waals surface area contributed by atoms with Crippen LogP contribution in [-0.2, 0) is 4.74 Å². The molecule has 1 saturated heterocycles. The molecule has 0 saturated carbocycles. The molecule has 1 aromatic carbocycles. The lowest BCUT2D eigenvalue weighted by Crippen LogP contribution is -2.57. The number of carbonyl (C=O) groups excluding carboxylic acids is 1. The van der Waals surface area contributed by atoms with E-state index in [9.17, 15) is 4.79 Å². The van der Waals surface area contributed by atoms with Crippen LogP contribution in [0.5, 0.6) is 5.75 Å². The van der Waals surface area contributed by atoms with Crippen molar-refractivity contribution in [3.8, 4) is 5.75 Å². The van der Waals surface area contributed by atoms with E-state index < -0.39 is 5.72 Å². The molecule has 1 atom stereocenters. The minimum absolute atomic E-state index is 0.0584. The van der Waals surface area contributed by atoms with Crippen LogP contribution in [0.25, 0.3) is 0 Å². The molecule has 96 valence electrons. The van der Waals surface area contributed by atoms with Crippen LogP contribution >= 0.6 is 0 Å². The summed E-state index contributed by atoms with van der Waals surface area (Å²) < 4.78 is 11.2. The second-order valence-electron chi connectivity index (χ2n) is 5.01. The van der Waals surface area contributed by atoms with Gasteiger partial charge in [-0.2, -0.15) is 0 Å². The highest BCUT2D eigenvalue weighted by atomic mass is 16.5. The van der Waals surface area contributed by atoms with Crippen molar-refractivity contribution in [2.24, 2.45) is 0 Å². The topological polar surface area (TPSA) is 38.8 Å². The highest BCUT2D eigenvalue weighted by molar-refractivity contribution is 6.07. The first-order chi connectivity index (χ1) is 8.61. The quantitative estimate of drug-likeness (QED) is 0.756. The molecule has 18 heavy (non-hydrogen) atoms. The molecule has 0 N–H and O–H groups in total. The number of morpholine rings is 1. The zero-order valence-electron chi connectivity index (χ0n) is 10.7. The van der Waals surface area contributed by atoms with Crippen LogP contribution in [0.3, 0.4) is 0 Å². The van der Waals surface area contributed by atoms with Crippen LogP contribution in [0.15, 0.2) is 18.2 Å². The summed E-state index contributed by atoms with van der Waals surface area (Å²) in [4.78, 5) is 14.6. The molecule has 0 bridgehead atoms. The molecule has 2 heterocycles. The molecule has 0 amide bonds. The van der Waals surface area contributed by atoms with Crippen LogP contribution in [0.2, 0.25) is 0 Å². The van der Waals surface area contributed by atoms with Gasteiger partial charge in [0.05, 0.1) is 18.8 Å². The number of fused-ring (bicyclic) bond motifs is 1. The van der Waals surface area contributed by atoms with Crippen molar-refractivity contribution in [1.29, 1.82) is 0 Å². The Kier molecular flexibility index (Phi) is 2.64. The summed E-state index contributed by atoms with van der Waals surface area (Å²) in [5, 5.41) is 0. The molecule has 0 aliphatic carbocycles. The zero-order chi connectivity index (χ0) is 12.8. The minimum atomic E-state index is -0.861. The largest absolute Gasteiger partial charge is 0.464 e.